The molecule has 0 aliphatic heterocycles. The molecule has 0 heterocycles. The molecule has 0 aromatic rings. The molecule has 0 fully saturated rings. The Kier molecular flexibility index (Phi) is 7.28. The van der Waals surface area contributed by atoms with Gasteiger partial charge in [0.2, 0.25) is 0 Å². The van der Waals surface area contributed by atoms with Gasteiger partial charge in [-0.3, -0.25) is 4.79 Å². The average molecular weight is 228 g/mol. The van der Waals surface area contributed by atoms with Crippen molar-refractivity contribution in [1.82, 2.24) is 0 Å². The first-order chi connectivity index (χ1) is 6.56. The third-order valence-corrected chi connectivity index (χ3v) is 0.804. The molecular weight excluding hydrogens is 217 g/mol. The van der Waals surface area contributed by atoms with Crippen LogP contribution >= 0.6 is 0 Å². The first-order valence-electron chi connectivity index (χ1n) is 3.65. The number of rotatable bonds is 2. The van der Waals surface area contributed by atoms with Crippen molar-refractivity contribution in [2.24, 2.45) is 0 Å². The van der Waals surface area contributed by atoms with Gasteiger partial charge in [0.05, 0.1) is 0 Å². The number of carboxylic acids is 1. The van der Waals surface area contributed by atoms with E-state index >= 15 is 0 Å². The largest absolute Gasteiger partial charge is 0.478 e. The summed E-state index contributed by atoms with van der Waals surface area (Å²) in [5, 5.41) is 7.89. The van der Waals surface area contributed by atoms with Crippen LogP contribution in [0.15, 0.2) is 12.2 Å². The summed E-state index contributed by atoms with van der Waals surface area (Å²) in [5.41, 5.74) is 0.176. The fourth-order valence-electron chi connectivity index (χ4n) is 0.183. The highest BCUT2D eigenvalue weighted by Gasteiger charge is 2.28. The zero-order valence-electron chi connectivity index (χ0n) is 8.22. The molecule has 0 aliphatic rings. The quantitative estimate of drug-likeness (QED) is 0.577. The number of carbonyl (C=O) groups is 2. The fraction of sp³-hybridized carbons (Fsp3) is 0.500. The smallest absolute Gasteiger partial charge is 0.422 e. The number of carboxylic acid groups (broad SMARTS) is 1. The van der Waals surface area contributed by atoms with Gasteiger partial charge >= 0.3 is 18.1 Å². The topological polar surface area (TPSA) is 63.6 Å². The second-order valence-electron chi connectivity index (χ2n) is 2.48. The van der Waals surface area contributed by atoms with E-state index in [1.54, 1.807) is 0 Å². The normalized spacial score (nSPS) is 9.67. The minimum atomic E-state index is -4.41. The highest BCUT2D eigenvalue weighted by Crippen LogP contribution is 2.14. The van der Waals surface area contributed by atoms with Crippen LogP contribution in [0.1, 0.15) is 13.8 Å². The van der Waals surface area contributed by atoms with Crippen LogP contribution < -0.4 is 0 Å². The van der Waals surface area contributed by atoms with Crippen molar-refractivity contribution in [1.29, 1.82) is 0 Å². The summed E-state index contributed by atoms with van der Waals surface area (Å²) < 4.78 is 37.1. The van der Waals surface area contributed by atoms with Gasteiger partial charge in [-0.2, -0.15) is 13.2 Å². The highest BCUT2D eigenvalue weighted by atomic mass is 19.4. The monoisotopic (exact) mass is 228 g/mol. The maximum atomic E-state index is 11.1. The van der Waals surface area contributed by atoms with E-state index in [9.17, 15) is 22.8 Å². The maximum Gasteiger partial charge on any atom is 0.422 e. The molecule has 7 heteroatoms. The third kappa shape index (κ3) is 19.1. The minimum Gasteiger partial charge on any atom is -0.478 e. The molecule has 88 valence electrons. The standard InChI is InChI=1S/C4H5F3O2.C4H6O2/c1-3(8)9-2-4(5,6)7;1-3(2)4(5)6/h2H2,1H3;1H2,2H3,(H,5,6). The number of carbonyl (C=O) groups excluding carboxylic acids is 1. The van der Waals surface area contributed by atoms with Crippen LogP contribution in [0.25, 0.3) is 0 Å². The van der Waals surface area contributed by atoms with Crippen molar-refractivity contribution in [3.8, 4) is 0 Å². The van der Waals surface area contributed by atoms with E-state index < -0.39 is 24.7 Å². The molecule has 0 unspecified atom stereocenters. The van der Waals surface area contributed by atoms with Gasteiger partial charge in [-0.05, 0) is 6.92 Å². The molecule has 0 saturated carbocycles. The summed E-state index contributed by atoms with van der Waals surface area (Å²) in [6.45, 7) is 4.03. The summed E-state index contributed by atoms with van der Waals surface area (Å²) in [7, 11) is 0. The molecular formula is C8H11F3O4. The van der Waals surface area contributed by atoms with Crippen molar-refractivity contribution in [2.45, 2.75) is 20.0 Å². The highest BCUT2D eigenvalue weighted by molar-refractivity contribution is 5.84. The molecule has 0 spiro atoms. The minimum absolute atomic E-state index is 0.176. The van der Waals surface area contributed by atoms with Crippen molar-refractivity contribution in [2.75, 3.05) is 6.61 Å². The summed E-state index contributed by atoms with van der Waals surface area (Å²) in [6.07, 6.45) is -4.41. The average Bonchev–Trinajstić information content (AvgIpc) is 2.00. The first-order valence-corrected chi connectivity index (χ1v) is 3.65. The lowest BCUT2D eigenvalue weighted by Gasteiger charge is -2.04. The van der Waals surface area contributed by atoms with Crippen molar-refractivity contribution in [3.05, 3.63) is 12.2 Å². The zero-order valence-corrected chi connectivity index (χ0v) is 8.22. The van der Waals surface area contributed by atoms with Gasteiger partial charge in [-0.15, -0.1) is 0 Å². The molecule has 0 rings (SSSR count). The van der Waals surface area contributed by atoms with Gasteiger partial charge in [0, 0.05) is 12.5 Å². The molecule has 0 atom stereocenters. The van der Waals surface area contributed by atoms with E-state index in [4.69, 9.17) is 5.11 Å². The molecule has 0 saturated heterocycles. The van der Waals surface area contributed by atoms with E-state index in [1.807, 2.05) is 0 Å². The molecule has 0 radical (unpaired) electrons. The Labute approximate surface area is 84.3 Å². The second kappa shape index (κ2) is 6.86. The number of ether oxygens (including phenoxy) is 1. The van der Waals surface area contributed by atoms with E-state index in [-0.39, 0.29) is 5.57 Å². The van der Waals surface area contributed by atoms with Gasteiger partial charge in [-0.1, -0.05) is 6.58 Å². The van der Waals surface area contributed by atoms with Crippen molar-refractivity contribution in [3.63, 3.8) is 0 Å². The predicted octanol–water partition coefficient (Wildman–Crippen LogP) is 1.76. The Balaban J connectivity index is 0. The third-order valence-electron chi connectivity index (χ3n) is 0.804. The molecule has 4 nitrogen and oxygen atoms in total. The van der Waals surface area contributed by atoms with E-state index in [0.29, 0.717) is 0 Å². The van der Waals surface area contributed by atoms with Gasteiger partial charge in [0.15, 0.2) is 6.61 Å². The van der Waals surface area contributed by atoms with Crippen LogP contribution in [0.4, 0.5) is 13.2 Å². The Bertz CT molecular complexity index is 233. The summed E-state index contributed by atoms with van der Waals surface area (Å²) in [6, 6.07) is 0. The lowest BCUT2D eigenvalue weighted by atomic mass is 10.4. The van der Waals surface area contributed by atoms with Crippen LogP contribution in [-0.4, -0.2) is 29.8 Å². The summed E-state index contributed by atoms with van der Waals surface area (Å²) >= 11 is 0. The van der Waals surface area contributed by atoms with Gasteiger partial charge in [-0.25, -0.2) is 4.79 Å². The van der Waals surface area contributed by atoms with Gasteiger partial charge < -0.3 is 9.84 Å². The lowest BCUT2D eigenvalue weighted by molar-refractivity contribution is -0.184. The van der Waals surface area contributed by atoms with Gasteiger partial charge in [0.1, 0.15) is 0 Å². The van der Waals surface area contributed by atoms with E-state index in [2.05, 4.69) is 11.3 Å². The molecule has 1 N–H and O–H groups in total. The van der Waals surface area contributed by atoms with E-state index in [0.717, 1.165) is 6.92 Å². The fourth-order valence-corrected chi connectivity index (χ4v) is 0.183. The van der Waals surface area contributed by atoms with Crippen molar-refractivity contribution < 1.29 is 32.6 Å². The molecule has 0 bridgehead atoms. The Morgan fingerprint density at radius 2 is 1.67 bits per heavy atom. The number of alkyl halides is 3. The van der Waals surface area contributed by atoms with E-state index in [1.165, 1.54) is 6.92 Å². The molecule has 0 aromatic carbocycles. The van der Waals surface area contributed by atoms with Gasteiger partial charge in [0.25, 0.3) is 0 Å². The zero-order chi connectivity index (χ0) is 12.6. The maximum absolute atomic E-state index is 11.1. The molecule has 0 aromatic heterocycles. The van der Waals surface area contributed by atoms with Crippen LogP contribution in [-0.2, 0) is 14.3 Å². The lowest BCUT2D eigenvalue weighted by Crippen LogP contribution is -2.18. The van der Waals surface area contributed by atoms with Crippen LogP contribution in [0.2, 0.25) is 0 Å². The van der Waals surface area contributed by atoms with Crippen LogP contribution in [0.5, 0.6) is 0 Å². The SMILES string of the molecule is C=C(C)C(=O)O.CC(=O)OCC(F)(F)F. The summed E-state index contributed by atoms with van der Waals surface area (Å²) in [5.74, 6) is -1.86. The number of hydrogen-bond acceptors (Lipinski definition) is 3. The Morgan fingerprint density at radius 3 is 1.73 bits per heavy atom. The second-order valence-corrected chi connectivity index (χ2v) is 2.48. The Hall–Kier alpha value is -1.53. The summed E-state index contributed by atoms with van der Waals surface area (Å²) in [4.78, 5) is 19.4. The first kappa shape index (κ1) is 15.9. The molecule has 15 heavy (non-hydrogen) atoms. The molecule has 0 amide bonds. The van der Waals surface area contributed by atoms with Crippen LogP contribution in [0.3, 0.4) is 0 Å². The molecule has 0 aliphatic carbocycles. The van der Waals surface area contributed by atoms with Crippen molar-refractivity contribution >= 4 is 11.9 Å². The van der Waals surface area contributed by atoms with Crippen LogP contribution in [0, 0.1) is 0 Å². The number of esters is 1. The predicted molar refractivity (Wildman–Crippen MR) is 45.1 cm³/mol. The number of aliphatic carboxylic acids is 1. The number of hydrogen-bond donors (Lipinski definition) is 1. The number of halogens is 3. The Morgan fingerprint density at radius 1 is 1.33 bits per heavy atom.